The molecule has 0 saturated heterocycles. The van der Waals surface area contributed by atoms with Crippen LogP contribution in [0.1, 0.15) is 58.7 Å². The molecule has 1 aliphatic carbocycles. The fourth-order valence-electron chi connectivity index (χ4n) is 4.54. The van der Waals surface area contributed by atoms with Gasteiger partial charge < -0.3 is 14.7 Å². The van der Waals surface area contributed by atoms with E-state index >= 15 is 0 Å². The Morgan fingerprint density at radius 3 is 2.72 bits per heavy atom. The van der Waals surface area contributed by atoms with Crippen LogP contribution in [0.5, 0.6) is 5.75 Å². The molecule has 1 N–H and O–H groups in total. The van der Waals surface area contributed by atoms with E-state index in [0.29, 0.717) is 55.0 Å². The number of hydrogen-bond donors (Lipinski definition) is 1. The molecule has 0 atom stereocenters. The average Bonchev–Trinajstić information content (AvgIpc) is 3.33. The van der Waals surface area contributed by atoms with Crippen molar-refractivity contribution >= 4 is 23.2 Å². The van der Waals surface area contributed by atoms with Crippen molar-refractivity contribution in [1.82, 2.24) is 19.5 Å². The normalized spacial score (nSPS) is 20.6. The van der Waals surface area contributed by atoms with E-state index in [2.05, 4.69) is 10.1 Å². The molecule has 1 saturated carbocycles. The highest BCUT2D eigenvalue weighted by atomic mass is 35.5. The summed E-state index contributed by atoms with van der Waals surface area (Å²) in [7, 11) is 0. The molecular weight excluding hydrogens is 435 g/mol. The zero-order chi connectivity index (χ0) is 22.6. The number of carbonyl (C=O) groups is 1. The molecule has 0 bridgehead atoms. The minimum absolute atomic E-state index is 0.147. The van der Waals surface area contributed by atoms with E-state index in [4.69, 9.17) is 16.3 Å². The topological polar surface area (TPSA) is 80.0 Å². The minimum atomic E-state index is -0.457. The number of halogens is 2. The van der Waals surface area contributed by atoms with E-state index in [-0.39, 0.29) is 23.9 Å². The lowest BCUT2D eigenvalue weighted by atomic mass is 9.95. The molecule has 0 spiro atoms. The Labute approximate surface area is 189 Å². The molecule has 7 nitrogen and oxygen atoms in total. The molecule has 1 amide bonds. The molecular formula is C23H24ClFN4O3. The van der Waals surface area contributed by atoms with Crippen molar-refractivity contribution in [3.8, 4) is 5.75 Å². The van der Waals surface area contributed by atoms with Crippen LogP contribution in [0, 0.1) is 19.7 Å². The Hall–Kier alpha value is -2.71. The number of amides is 1. The zero-order valence-electron chi connectivity index (χ0n) is 17.9. The van der Waals surface area contributed by atoms with Gasteiger partial charge in [-0.3, -0.25) is 4.79 Å². The second-order valence-corrected chi connectivity index (χ2v) is 8.99. The van der Waals surface area contributed by atoms with Gasteiger partial charge in [0.2, 0.25) is 0 Å². The third kappa shape index (κ3) is 3.61. The van der Waals surface area contributed by atoms with E-state index < -0.39 is 5.82 Å². The lowest BCUT2D eigenvalue weighted by Gasteiger charge is -2.27. The van der Waals surface area contributed by atoms with E-state index in [9.17, 15) is 14.3 Å². The smallest absolute Gasteiger partial charge is 0.258 e. The third-order valence-electron chi connectivity index (χ3n) is 6.35. The Morgan fingerprint density at radius 2 is 1.97 bits per heavy atom. The first-order chi connectivity index (χ1) is 15.3. The van der Waals surface area contributed by atoms with Gasteiger partial charge in [-0.15, -0.1) is 0 Å². The van der Waals surface area contributed by atoms with Gasteiger partial charge in [0, 0.05) is 11.6 Å². The number of rotatable bonds is 3. The first kappa shape index (κ1) is 21.2. The zero-order valence-corrected chi connectivity index (χ0v) is 18.7. The molecule has 3 heterocycles. The molecule has 2 aliphatic rings. The van der Waals surface area contributed by atoms with Crippen LogP contribution in [-0.4, -0.2) is 42.7 Å². The number of nitrogens with zero attached hydrogens (tertiary/aromatic N) is 4. The molecule has 9 heteroatoms. The van der Waals surface area contributed by atoms with E-state index in [0.717, 1.165) is 22.6 Å². The monoisotopic (exact) mass is 458 g/mol. The summed E-state index contributed by atoms with van der Waals surface area (Å²) in [5.74, 6) is -0.456. The molecule has 2 aromatic heterocycles. The van der Waals surface area contributed by atoms with Crippen molar-refractivity contribution in [2.24, 2.45) is 0 Å². The van der Waals surface area contributed by atoms with Crippen molar-refractivity contribution in [2.45, 2.75) is 64.8 Å². The van der Waals surface area contributed by atoms with Gasteiger partial charge in [-0.2, -0.15) is 5.10 Å². The van der Waals surface area contributed by atoms with Crippen molar-refractivity contribution in [2.75, 3.05) is 0 Å². The number of fused-ring (bicyclic) bond motifs is 3. The molecule has 0 radical (unpaired) electrons. The highest BCUT2D eigenvalue weighted by Crippen LogP contribution is 2.33. The summed E-state index contributed by atoms with van der Waals surface area (Å²) in [6.45, 7) is 4.43. The van der Waals surface area contributed by atoms with Crippen LogP contribution < -0.4 is 4.74 Å². The number of aliphatic hydroxyl groups excluding tert-OH is 1. The minimum Gasteiger partial charge on any atom is -0.489 e. The summed E-state index contributed by atoms with van der Waals surface area (Å²) in [4.78, 5) is 19.6. The molecule has 168 valence electrons. The first-order valence-corrected chi connectivity index (χ1v) is 11.2. The average molecular weight is 459 g/mol. The van der Waals surface area contributed by atoms with Crippen LogP contribution in [0.15, 0.2) is 18.2 Å². The summed E-state index contributed by atoms with van der Waals surface area (Å²) in [5.41, 5.74) is 4.23. The molecule has 1 aliphatic heterocycles. The second-order valence-electron chi connectivity index (χ2n) is 8.61. The van der Waals surface area contributed by atoms with E-state index in [1.807, 2.05) is 13.8 Å². The van der Waals surface area contributed by atoms with Gasteiger partial charge in [0.15, 0.2) is 5.65 Å². The predicted molar refractivity (Wildman–Crippen MR) is 116 cm³/mol. The summed E-state index contributed by atoms with van der Waals surface area (Å²) in [6, 6.07) is 4.01. The van der Waals surface area contributed by atoms with Gasteiger partial charge in [0.05, 0.1) is 53.0 Å². The highest BCUT2D eigenvalue weighted by molar-refractivity contribution is 6.31. The maximum absolute atomic E-state index is 14.0. The fourth-order valence-corrected chi connectivity index (χ4v) is 4.66. The molecule has 1 aromatic carbocycles. The molecule has 5 rings (SSSR count). The van der Waals surface area contributed by atoms with Crippen LogP contribution in [-0.2, 0) is 13.1 Å². The number of benzene rings is 1. The Kier molecular flexibility index (Phi) is 5.29. The number of aromatic nitrogens is 3. The first-order valence-electron chi connectivity index (χ1n) is 10.8. The van der Waals surface area contributed by atoms with Gasteiger partial charge in [-0.05, 0) is 51.7 Å². The lowest BCUT2D eigenvalue weighted by Crippen LogP contribution is -2.29. The van der Waals surface area contributed by atoms with Gasteiger partial charge in [-0.25, -0.2) is 13.9 Å². The van der Waals surface area contributed by atoms with Crippen LogP contribution in [0.25, 0.3) is 5.65 Å². The Bertz CT molecular complexity index is 1220. The van der Waals surface area contributed by atoms with Crippen LogP contribution in [0.3, 0.4) is 0 Å². The summed E-state index contributed by atoms with van der Waals surface area (Å²) in [5, 5.41) is 14.9. The highest BCUT2D eigenvalue weighted by Gasteiger charge is 2.32. The lowest BCUT2D eigenvalue weighted by molar-refractivity contribution is 0.0629. The summed E-state index contributed by atoms with van der Waals surface area (Å²) < 4.78 is 21.7. The van der Waals surface area contributed by atoms with Gasteiger partial charge >= 0.3 is 0 Å². The van der Waals surface area contributed by atoms with Crippen LogP contribution >= 0.6 is 11.6 Å². The van der Waals surface area contributed by atoms with Gasteiger partial charge in [0.1, 0.15) is 11.6 Å². The van der Waals surface area contributed by atoms with Crippen molar-refractivity contribution in [3.63, 3.8) is 0 Å². The Morgan fingerprint density at radius 1 is 1.22 bits per heavy atom. The van der Waals surface area contributed by atoms with Crippen LogP contribution in [0.2, 0.25) is 5.02 Å². The third-order valence-corrected chi connectivity index (χ3v) is 6.90. The quantitative estimate of drug-likeness (QED) is 0.642. The SMILES string of the molecule is Cc1nc2c3c(nn2c(C)c1Cl)CN(C(=O)c1ccc(F)cc1O[C@H]1CC[C@@H](O)CC1)C3. The van der Waals surface area contributed by atoms with E-state index in [1.54, 1.807) is 9.42 Å². The van der Waals surface area contributed by atoms with Crippen molar-refractivity contribution in [1.29, 1.82) is 0 Å². The largest absolute Gasteiger partial charge is 0.489 e. The summed E-state index contributed by atoms with van der Waals surface area (Å²) >= 11 is 6.31. The van der Waals surface area contributed by atoms with Gasteiger partial charge in [-0.1, -0.05) is 11.6 Å². The van der Waals surface area contributed by atoms with Crippen molar-refractivity contribution < 1.29 is 19.0 Å². The number of hydrogen-bond acceptors (Lipinski definition) is 5. The summed E-state index contributed by atoms with van der Waals surface area (Å²) in [6.07, 6.45) is 2.16. The van der Waals surface area contributed by atoms with E-state index in [1.165, 1.54) is 18.2 Å². The van der Waals surface area contributed by atoms with Crippen LogP contribution in [0.4, 0.5) is 4.39 Å². The fraction of sp³-hybridized carbons (Fsp3) is 0.435. The number of aryl methyl sites for hydroxylation is 2. The molecule has 0 unspecified atom stereocenters. The number of aliphatic hydroxyl groups is 1. The number of ether oxygens (including phenoxy) is 1. The molecule has 32 heavy (non-hydrogen) atoms. The van der Waals surface area contributed by atoms with Gasteiger partial charge in [0.25, 0.3) is 5.91 Å². The maximum atomic E-state index is 14.0. The standard InChI is InChI=1S/C23H24ClFN4O3/c1-12-21(24)13(2)29-22(26-12)18-10-28(11-19(18)27-29)23(31)17-8-3-14(25)9-20(17)32-16-6-4-15(30)5-7-16/h3,8-9,15-16,30H,4-7,10-11H2,1-2H3/t15-,16+. The molecule has 1 fully saturated rings. The second kappa shape index (κ2) is 8.01. The van der Waals surface area contributed by atoms with Crippen molar-refractivity contribution in [3.05, 3.63) is 57.2 Å². The Balaban J connectivity index is 1.41. The maximum Gasteiger partial charge on any atom is 0.258 e. The number of carbonyl (C=O) groups excluding carboxylic acids is 1. The predicted octanol–water partition coefficient (Wildman–Crippen LogP) is 3.98. The molecule has 3 aromatic rings.